The van der Waals surface area contributed by atoms with Crippen LogP contribution < -0.4 is 16.4 Å². The lowest BCUT2D eigenvalue weighted by Crippen LogP contribution is -2.46. The predicted molar refractivity (Wildman–Crippen MR) is 73.3 cm³/mol. The van der Waals surface area contributed by atoms with Gasteiger partial charge in [0.2, 0.25) is 5.91 Å². The number of carbonyl (C=O) groups excluding carboxylic acids is 2. The Hall–Kier alpha value is -2.58. The second kappa shape index (κ2) is 7.88. The first-order valence-electron chi connectivity index (χ1n) is 6.41. The smallest absolute Gasteiger partial charge is 0.326 e. The molecule has 1 atom stereocenters. The number of nitrogens with two attached hydrogens (primary N) is 1. The van der Waals surface area contributed by atoms with E-state index in [4.69, 9.17) is 10.8 Å². The third kappa shape index (κ3) is 6.41. The van der Waals surface area contributed by atoms with Gasteiger partial charge in [-0.15, -0.1) is 0 Å². The lowest BCUT2D eigenvalue weighted by Gasteiger charge is -2.14. The number of aliphatic carboxylic acids is 1. The van der Waals surface area contributed by atoms with Gasteiger partial charge in [0.15, 0.2) is 0 Å². The first-order valence-corrected chi connectivity index (χ1v) is 6.41. The molecule has 1 aromatic rings. The number of carboxylic acids is 1. The van der Waals surface area contributed by atoms with E-state index >= 15 is 0 Å². The van der Waals surface area contributed by atoms with Crippen LogP contribution in [-0.4, -0.2) is 45.4 Å². The number of hydrogen-bond acceptors (Lipinski definition) is 4. The number of aromatic nitrogens is 2. The minimum absolute atomic E-state index is 0.0410. The topological polar surface area (TPSA) is 139 Å². The second-order valence-corrected chi connectivity index (χ2v) is 4.57. The molecule has 0 radical (unpaired) electrons. The summed E-state index contributed by atoms with van der Waals surface area (Å²) in [4.78, 5) is 33.2. The summed E-state index contributed by atoms with van der Waals surface area (Å²) < 4.78 is 1.65. The normalized spacial score (nSPS) is 11.7. The molecule has 3 amide bonds. The van der Waals surface area contributed by atoms with Gasteiger partial charge in [-0.1, -0.05) is 0 Å². The minimum Gasteiger partial charge on any atom is -0.480 e. The highest BCUT2D eigenvalue weighted by atomic mass is 16.4. The maximum Gasteiger partial charge on any atom is 0.326 e. The quantitative estimate of drug-likeness (QED) is 0.486. The van der Waals surface area contributed by atoms with E-state index in [1.165, 1.54) is 0 Å². The number of aryl methyl sites for hydroxylation is 1. The zero-order valence-electron chi connectivity index (χ0n) is 11.7. The molecule has 0 saturated heterocycles. The first kappa shape index (κ1) is 16.5. The van der Waals surface area contributed by atoms with Crippen molar-refractivity contribution in [3.63, 3.8) is 0 Å². The van der Waals surface area contributed by atoms with Crippen LogP contribution in [0.4, 0.5) is 4.79 Å². The van der Waals surface area contributed by atoms with Crippen molar-refractivity contribution >= 4 is 17.9 Å². The molecule has 116 valence electrons. The summed E-state index contributed by atoms with van der Waals surface area (Å²) >= 11 is 0. The van der Waals surface area contributed by atoms with Gasteiger partial charge in [-0.25, -0.2) is 9.59 Å². The van der Waals surface area contributed by atoms with Gasteiger partial charge in [0.05, 0.1) is 6.20 Å². The molecule has 0 fully saturated rings. The van der Waals surface area contributed by atoms with Crippen molar-refractivity contribution < 1.29 is 19.5 Å². The van der Waals surface area contributed by atoms with E-state index in [1.807, 2.05) is 6.20 Å². The fraction of sp³-hybridized carbons (Fsp3) is 0.500. The zero-order valence-corrected chi connectivity index (χ0v) is 11.7. The molecule has 1 rings (SSSR count). The number of urea groups is 1. The van der Waals surface area contributed by atoms with Crippen LogP contribution in [0.25, 0.3) is 0 Å². The van der Waals surface area contributed by atoms with Crippen LogP contribution >= 0.6 is 0 Å². The number of primary amides is 1. The fourth-order valence-corrected chi connectivity index (χ4v) is 1.67. The standard InChI is InChI=1S/C12H19N5O4/c1-17-7-8(6-15-17)4-5-14-12(21)16-9(11(19)20)2-3-10(13)18/h6-7,9H,2-5H2,1H3,(H2,13,18)(H,19,20)(H2,14,16,21). The van der Waals surface area contributed by atoms with Crippen LogP contribution in [0.3, 0.4) is 0 Å². The molecule has 1 aromatic heterocycles. The molecule has 0 aliphatic heterocycles. The summed E-state index contributed by atoms with van der Waals surface area (Å²) in [5, 5.41) is 17.8. The molecule has 9 heteroatoms. The van der Waals surface area contributed by atoms with Crippen molar-refractivity contribution in [2.24, 2.45) is 12.8 Å². The van der Waals surface area contributed by atoms with Crippen molar-refractivity contribution in [3.8, 4) is 0 Å². The molecular weight excluding hydrogens is 278 g/mol. The Morgan fingerprint density at radius 2 is 2.19 bits per heavy atom. The van der Waals surface area contributed by atoms with Crippen LogP contribution in [0.15, 0.2) is 12.4 Å². The predicted octanol–water partition coefficient (Wildman–Crippen LogP) is -1.02. The number of hydrogen-bond donors (Lipinski definition) is 4. The summed E-state index contributed by atoms with van der Waals surface area (Å²) in [5.74, 6) is -1.82. The maximum atomic E-state index is 11.6. The SMILES string of the molecule is Cn1cc(CCNC(=O)NC(CCC(N)=O)C(=O)O)cn1. The largest absolute Gasteiger partial charge is 0.480 e. The van der Waals surface area contributed by atoms with Crippen molar-refractivity contribution in [1.29, 1.82) is 0 Å². The Morgan fingerprint density at radius 3 is 2.71 bits per heavy atom. The number of nitrogens with one attached hydrogen (secondary N) is 2. The van der Waals surface area contributed by atoms with E-state index in [9.17, 15) is 14.4 Å². The number of carbonyl (C=O) groups is 3. The third-order valence-corrected chi connectivity index (χ3v) is 2.74. The molecule has 21 heavy (non-hydrogen) atoms. The van der Waals surface area contributed by atoms with E-state index in [2.05, 4.69) is 15.7 Å². The van der Waals surface area contributed by atoms with Gasteiger partial charge in [0, 0.05) is 26.2 Å². The van der Waals surface area contributed by atoms with Crippen LogP contribution in [0.1, 0.15) is 18.4 Å². The summed E-state index contributed by atoms with van der Waals surface area (Å²) in [7, 11) is 1.79. The molecule has 0 aliphatic carbocycles. The lowest BCUT2D eigenvalue weighted by molar-refractivity contribution is -0.139. The summed E-state index contributed by atoms with van der Waals surface area (Å²) in [5.41, 5.74) is 5.91. The van der Waals surface area contributed by atoms with Gasteiger partial charge in [0.25, 0.3) is 0 Å². The minimum atomic E-state index is -1.21. The molecule has 0 bridgehead atoms. The molecule has 0 saturated carbocycles. The number of carboxylic acid groups (broad SMARTS) is 1. The van der Waals surface area contributed by atoms with Crippen molar-refractivity contribution in [2.45, 2.75) is 25.3 Å². The van der Waals surface area contributed by atoms with Gasteiger partial charge in [-0.3, -0.25) is 9.48 Å². The Balaban J connectivity index is 2.32. The highest BCUT2D eigenvalue weighted by Crippen LogP contribution is 1.98. The third-order valence-electron chi connectivity index (χ3n) is 2.74. The summed E-state index contributed by atoms with van der Waals surface area (Å²) in [6.07, 6.45) is 3.95. The Kier molecular flexibility index (Phi) is 6.18. The van der Waals surface area contributed by atoms with Crippen molar-refractivity contribution in [2.75, 3.05) is 6.54 Å². The van der Waals surface area contributed by atoms with Gasteiger partial charge >= 0.3 is 12.0 Å². The molecule has 0 aliphatic rings. The highest BCUT2D eigenvalue weighted by Gasteiger charge is 2.20. The average Bonchev–Trinajstić information content (AvgIpc) is 2.79. The van der Waals surface area contributed by atoms with Gasteiger partial charge < -0.3 is 21.5 Å². The van der Waals surface area contributed by atoms with Crippen molar-refractivity contribution in [3.05, 3.63) is 18.0 Å². The van der Waals surface area contributed by atoms with E-state index in [1.54, 1.807) is 17.9 Å². The average molecular weight is 297 g/mol. The van der Waals surface area contributed by atoms with Crippen LogP contribution in [0, 0.1) is 0 Å². The summed E-state index contributed by atoms with van der Waals surface area (Å²) in [6, 6.07) is -1.74. The molecule has 1 unspecified atom stereocenters. The number of amides is 3. The fourth-order valence-electron chi connectivity index (χ4n) is 1.67. The van der Waals surface area contributed by atoms with Crippen LogP contribution in [-0.2, 0) is 23.1 Å². The molecule has 0 aromatic carbocycles. The van der Waals surface area contributed by atoms with E-state index in [-0.39, 0.29) is 12.8 Å². The van der Waals surface area contributed by atoms with E-state index in [0.717, 1.165) is 5.56 Å². The monoisotopic (exact) mass is 297 g/mol. The van der Waals surface area contributed by atoms with Gasteiger partial charge in [-0.05, 0) is 18.4 Å². The van der Waals surface area contributed by atoms with Gasteiger partial charge in [-0.2, -0.15) is 5.10 Å². The lowest BCUT2D eigenvalue weighted by atomic mass is 10.1. The first-order chi connectivity index (χ1) is 9.88. The van der Waals surface area contributed by atoms with Crippen molar-refractivity contribution in [1.82, 2.24) is 20.4 Å². The number of rotatable bonds is 8. The van der Waals surface area contributed by atoms with E-state index < -0.39 is 23.9 Å². The molecule has 0 spiro atoms. The Morgan fingerprint density at radius 1 is 1.48 bits per heavy atom. The zero-order chi connectivity index (χ0) is 15.8. The molecular formula is C12H19N5O4. The maximum absolute atomic E-state index is 11.6. The second-order valence-electron chi connectivity index (χ2n) is 4.57. The molecule has 5 N–H and O–H groups in total. The van der Waals surface area contributed by atoms with Gasteiger partial charge in [0.1, 0.15) is 6.04 Å². The summed E-state index contributed by atoms with van der Waals surface area (Å²) in [6.45, 7) is 0.347. The van der Waals surface area contributed by atoms with Crippen LogP contribution in [0.5, 0.6) is 0 Å². The van der Waals surface area contributed by atoms with Crippen LogP contribution in [0.2, 0.25) is 0 Å². The number of nitrogens with zero attached hydrogens (tertiary/aromatic N) is 2. The highest BCUT2D eigenvalue weighted by molar-refractivity contribution is 5.83. The Bertz CT molecular complexity index is 514. The molecule has 1 heterocycles. The molecule has 9 nitrogen and oxygen atoms in total. The van der Waals surface area contributed by atoms with E-state index in [0.29, 0.717) is 13.0 Å². The Labute approximate surface area is 121 Å².